The van der Waals surface area contributed by atoms with Crippen LogP contribution in [0.5, 0.6) is 0 Å². The number of hydrogen-bond donors (Lipinski definition) is 2. The Kier molecular flexibility index (Phi) is 2.25. The maximum absolute atomic E-state index is 11.0. The van der Waals surface area contributed by atoms with Crippen LogP contribution in [0.1, 0.15) is 0 Å². The van der Waals surface area contributed by atoms with Crippen molar-refractivity contribution in [3.63, 3.8) is 0 Å². The summed E-state index contributed by atoms with van der Waals surface area (Å²) in [7, 11) is -3.85. The van der Waals surface area contributed by atoms with Gasteiger partial charge in [-0.15, -0.1) is 11.3 Å². The molecule has 0 aromatic carbocycles. The van der Waals surface area contributed by atoms with E-state index >= 15 is 0 Å². The van der Waals surface area contributed by atoms with Gasteiger partial charge in [-0.3, -0.25) is 5.21 Å². The molecule has 1 heterocycles. The van der Waals surface area contributed by atoms with Crippen LogP contribution in [0.25, 0.3) is 0 Å². The molecule has 0 aliphatic rings. The maximum atomic E-state index is 11.0. The molecule has 5 nitrogen and oxygen atoms in total. The van der Waals surface area contributed by atoms with E-state index in [1.165, 1.54) is 6.07 Å². The zero-order chi connectivity index (χ0) is 8.48. The molecule has 1 rings (SSSR count). The summed E-state index contributed by atoms with van der Waals surface area (Å²) in [5.74, 6) is 4.67. The maximum Gasteiger partial charge on any atom is 0.287 e. The van der Waals surface area contributed by atoms with E-state index in [1.807, 2.05) is 0 Å². The van der Waals surface area contributed by atoms with E-state index in [4.69, 9.17) is 5.21 Å². The number of hydrazine groups is 1. The van der Waals surface area contributed by atoms with Gasteiger partial charge in [0.15, 0.2) is 0 Å². The molecule has 0 saturated carbocycles. The lowest BCUT2D eigenvalue weighted by molar-refractivity contribution is 0.00270. The molecule has 0 atom stereocenters. The highest BCUT2D eigenvalue weighted by atomic mass is 32.2. The largest absolute Gasteiger partial charge is 0.287 e. The molecular weight excluding hydrogens is 188 g/mol. The Morgan fingerprint density at radius 2 is 2.27 bits per heavy atom. The third-order valence-corrected chi connectivity index (χ3v) is 3.71. The number of sulfonamides is 1. The highest BCUT2D eigenvalue weighted by molar-refractivity contribution is 7.91. The molecule has 7 heteroatoms. The first kappa shape index (κ1) is 8.62. The van der Waals surface area contributed by atoms with Crippen LogP contribution in [-0.4, -0.2) is 18.2 Å². The molecular formula is C4H6N2O3S2. The SMILES string of the molecule is NN(O)S(=O)(=O)c1cccs1. The van der Waals surface area contributed by atoms with Gasteiger partial charge in [-0.05, 0) is 16.0 Å². The molecule has 1 aromatic heterocycles. The van der Waals surface area contributed by atoms with Gasteiger partial charge in [0, 0.05) is 0 Å². The Labute approximate surface area is 67.7 Å². The molecule has 0 saturated heterocycles. The lowest BCUT2D eigenvalue weighted by Crippen LogP contribution is -2.33. The molecule has 0 aliphatic heterocycles. The van der Waals surface area contributed by atoms with Crippen LogP contribution in [0.3, 0.4) is 0 Å². The fourth-order valence-corrected chi connectivity index (χ4v) is 2.27. The van der Waals surface area contributed by atoms with E-state index in [0.29, 0.717) is 0 Å². The second kappa shape index (κ2) is 2.88. The lowest BCUT2D eigenvalue weighted by atomic mass is 10.7. The summed E-state index contributed by atoms with van der Waals surface area (Å²) < 4.78 is 21.6. The van der Waals surface area contributed by atoms with Crippen LogP contribution in [0.15, 0.2) is 21.7 Å². The number of rotatable bonds is 2. The van der Waals surface area contributed by atoms with Crippen molar-refractivity contribution in [3.8, 4) is 0 Å². The molecule has 0 fully saturated rings. The summed E-state index contributed by atoms with van der Waals surface area (Å²) >= 11 is 0.989. The molecule has 11 heavy (non-hydrogen) atoms. The molecule has 0 unspecified atom stereocenters. The monoisotopic (exact) mass is 194 g/mol. The van der Waals surface area contributed by atoms with Gasteiger partial charge in [-0.2, -0.15) is 0 Å². The summed E-state index contributed by atoms with van der Waals surface area (Å²) in [6.07, 6.45) is 0. The topological polar surface area (TPSA) is 83.6 Å². The Morgan fingerprint density at radius 1 is 1.64 bits per heavy atom. The van der Waals surface area contributed by atoms with E-state index in [1.54, 1.807) is 11.4 Å². The van der Waals surface area contributed by atoms with Crippen molar-refractivity contribution in [2.45, 2.75) is 4.21 Å². The quantitative estimate of drug-likeness (QED) is 0.513. The molecule has 3 N–H and O–H groups in total. The third-order valence-electron chi connectivity index (χ3n) is 0.996. The van der Waals surface area contributed by atoms with Crippen molar-refractivity contribution in [2.24, 2.45) is 5.84 Å². The van der Waals surface area contributed by atoms with Gasteiger partial charge < -0.3 is 0 Å². The normalized spacial score (nSPS) is 12.3. The Hall–Kier alpha value is -0.470. The zero-order valence-corrected chi connectivity index (χ0v) is 6.97. The number of hydrogen-bond acceptors (Lipinski definition) is 5. The van der Waals surface area contributed by atoms with Crippen molar-refractivity contribution >= 4 is 21.4 Å². The minimum Gasteiger partial charge on any atom is -0.285 e. The van der Waals surface area contributed by atoms with E-state index < -0.39 is 10.0 Å². The molecule has 1 aromatic rings. The minimum atomic E-state index is -3.85. The summed E-state index contributed by atoms with van der Waals surface area (Å²) in [6.45, 7) is 0. The van der Waals surface area contributed by atoms with Gasteiger partial charge in [0.1, 0.15) is 4.21 Å². The average Bonchev–Trinajstić information content (AvgIpc) is 2.37. The van der Waals surface area contributed by atoms with Gasteiger partial charge in [-0.1, -0.05) is 6.07 Å². The zero-order valence-electron chi connectivity index (χ0n) is 5.34. The molecule has 0 amide bonds. The fourth-order valence-electron chi connectivity index (χ4n) is 0.502. The Bertz CT molecular complexity index is 315. The van der Waals surface area contributed by atoms with Gasteiger partial charge >= 0.3 is 0 Å². The number of thiophene rings is 1. The van der Waals surface area contributed by atoms with Crippen LogP contribution in [0, 0.1) is 0 Å². The van der Waals surface area contributed by atoms with E-state index in [-0.39, 0.29) is 8.79 Å². The molecule has 62 valence electrons. The molecule has 0 spiro atoms. The fraction of sp³-hybridized carbons (Fsp3) is 0. The van der Waals surface area contributed by atoms with Crippen molar-refractivity contribution in [1.82, 2.24) is 4.58 Å². The van der Waals surface area contributed by atoms with Gasteiger partial charge in [0.05, 0.1) is 0 Å². The summed E-state index contributed by atoms with van der Waals surface area (Å²) in [5, 5.41) is 10.1. The van der Waals surface area contributed by atoms with E-state index in [0.717, 1.165) is 11.3 Å². The first-order valence-corrected chi connectivity index (χ1v) is 4.89. The third kappa shape index (κ3) is 1.57. The lowest BCUT2D eigenvalue weighted by Gasteiger charge is -2.05. The standard InChI is InChI=1S/C4H6N2O3S2/c5-6(7)11(8,9)4-2-1-3-10-4/h1-3,7H,5H2. The summed E-state index contributed by atoms with van der Waals surface area (Å²) in [4.78, 5) is 0. The first-order chi connectivity index (χ1) is 5.05. The Balaban J connectivity index is 3.12. The Morgan fingerprint density at radius 3 is 2.64 bits per heavy atom. The van der Waals surface area contributed by atoms with Crippen LogP contribution < -0.4 is 5.84 Å². The predicted octanol–water partition coefficient (Wildman–Crippen LogP) is 0.00170. The number of nitrogens with zero attached hydrogens (tertiary/aromatic N) is 1. The average molecular weight is 194 g/mol. The van der Waals surface area contributed by atoms with Gasteiger partial charge in [-0.25, -0.2) is 14.3 Å². The van der Waals surface area contributed by atoms with Crippen molar-refractivity contribution in [3.05, 3.63) is 17.5 Å². The minimum absolute atomic E-state index is 0.0162. The van der Waals surface area contributed by atoms with Gasteiger partial charge in [0.25, 0.3) is 10.0 Å². The van der Waals surface area contributed by atoms with E-state index in [2.05, 4.69) is 5.84 Å². The molecule has 0 aliphatic carbocycles. The summed E-state index contributed by atoms with van der Waals surface area (Å²) in [6, 6.07) is 2.91. The second-order valence-corrected chi connectivity index (χ2v) is 4.68. The number of nitrogens with two attached hydrogens (primary N) is 1. The van der Waals surface area contributed by atoms with Gasteiger partial charge in [0.2, 0.25) is 0 Å². The molecule has 0 radical (unpaired) electrons. The second-order valence-electron chi connectivity index (χ2n) is 1.71. The van der Waals surface area contributed by atoms with Crippen LogP contribution in [0.2, 0.25) is 0 Å². The van der Waals surface area contributed by atoms with Crippen LogP contribution >= 0.6 is 11.3 Å². The molecule has 0 bridgehead atoms. The first-order valence-electron chi connectivity index (χ1n) is 2.57. The van der Waals surface area contributed by atoms with Crippen molar-refractivity contribution in [2.75, 3.05) is 0 Å². The predicted molar refractivity (Wildman–Crippen MR) is 39.3 cm³/mol. The highest BCUT2D eigenvalue weighted by Crippen LogP contribution is 2.17. The summed E-state index contributed by atoms with van der Waals surface area (Å²) in [5.41, 5.74) is 0. The van der Waals surface area contributed by atoms with Crippen molar-refractivity contribution in [1.29, 1.82) is 0 Å². The van der Waals surface area contributed by atoms with E-state index in [9.17, 15) is 8.42 Å². The highest BCUT2D eigenvalue weighted by Gasteiger charge is 2.20. The van der Waals surface area contributed by atoms with Crippen molar-refractivity contribution < 1.29 is 13.6 Å². The van der Waals surface area contributed by atoms with Crippen LogP contribution in [0.4, 0.5) is 0 Å². The smallest absolute Gasteiger partial charge is 0.285 e. The van der Waals surface area contributed by atoms with Crippen LogP contribution in [-0.2, 0) is 10.0 Å².